The number of carbonyl (C=O) groups excluding carboxylic acids is 2. The molecular formula is C28H28N2O2. The summed E-state index contributed by atoms with van der Waals surface area (Å²) in [5, 5.41) is 0. The maximum atomic E-state index is 13.3. The summed E-state index contributed by atoms with van der Waals surface area (Å²) in [6.07, 6.45) is 1.22. The molecule has 4 atom stereocenters. The minimum atomic E-state index is -1.23. The molecule has 0 amide bonds. The fourth-order valence-corrected chi connectivity index (χ4v) is 5.60. The summed E-state index contributed by atoms with van der Waals surface area (Å²) in [6.45, 7) is 3.37. The minimum absolute atomic E-state index is 0.131. The lowest BCUT2D eigenvalue weighted by atomic mass is 9.64. The van der Waals surface area contributed by atoms with Crippen LogP contribution in [0, 0.1) is 5.92 Å². The van der Waals surface area contributed by atoms with Crippen molar-refractivity contribution in [3.05, 3.63) is 94.5 Å². The van der Waals surface area contributed by atoms with Crippen LogP contribution >= 0.6 is 0 Å². The second kappa shape index (κ2) is 7.51. The number of rotatable bonds is 3. The fraction of sp³-hybridized carbons (Fsp3) is 0.286. The molecule has 4 nitrogen and oxygen atoms in total. The number of Topliss-reactive ketones (excluding diaryl/α,β-unsaturated/α-hetero) is 2. The summed E-state index contributed by atoms with van der Waals surface area (Å²) < 4.78 is 0. The van der Waals surface area contributed by atoms with Gasteiger partial charge in [-0.2, -0.15) is 0 Å². The quantitative estimate of drug-likeness (QED) is 0.625. The molecule has 3 aromatic rings. The lowest BCUT2D eigenvalue weighted by Gasteiger charge is -2.40. The standard InChI is InChI=1S/C28H28N2O2/c1-16(29)26(31)23-15-22-24(28(2,30)27(23)32)13-12-20-19-11-7-6-10-18(19)14-21(25(20)22)17-8-4-3-5-9-17/h3-13,16,21,23H,14-15,29-30H2,1-2H3. The van der Waals surface area contributed by atoms with Crippen LogP contribution < -0.4 is 11.5 Å². The van der Waals surface area contributed by atoms with E-state index in [2.05, 4.69) is 54.6 Å². The number of carbonyl (C=O) groups is 2. The average Bonchev–Trinajstić information content (AvgIpc) is 2.80. The van der Waals surface area contributed by atoms with Gasteiger partial charge in [-0.15, -0.1) is 0 Å². The molecule has 4 unspecified atom stereocenters. The van der Waals surface area contributed by atoms with E-state index >= 15 is 0 Å². The van der Waals surface area contributed by atoms with Crippen molar-refractivity contribution in [2.24, 2.45) is 17.4 Å². The van der Waals surface area contributed by atoms with Gasteiger partial charge in [0.05, 0.1) is 17.5 Å². The van der Waals surface area contributed by atoms with Crippen LogP contribution in [0.15, 0.2) is 66.7 Å². The first-order valence-electron chi connectivity index (χ1n) is 11.2. The van der Waals surface area contributed by atoms with Crippen molar-refractivity contribution < 1.29 is 9.59 Å². The summed E-state index contributed by atoms with van der Waals surface area (Å²) >= 11 is 0. The van der Waals surface area contributed by atoms with Crippen LogP contribution in [0.25, 0.3) is 11.1 Å². The van der Waals surface area contributed by atoms with E-state index in [0.717, 1.165) is 23.1 Å². The van der Waals surface area contributed by atoms with Crippen molar-refractivity contribution in [2.75, 3.05) is 0 Å². The number of nitrogens with two attached hydrogens (primary N) is 2. The molecule has 162 valence electrons. The molecule has 32 heavy (non-hydrogen) atoms. The molecule has 2 aliphatic rings. The first-order chi connectivity index (χ1) is 15.3. The molecule has 3 aromatic carbocycles. The van der Waals surface area contributed by atoms with E-state index in [1.54, 1.807) is 13.8 Å². The highest BCUT2D eigenvalue weighted by Crippen LogP contribution is 2.48. The van der Waals surface area contributed by atoms with Crippen molar-refractivity contribution in [1.29, 1.82) is 0 Å². The summed E-state index contributed by atoms with van der Waals surface area (Å²) in [6, 6.07) is 22.3. The van der Waals surface area contributed by atoms with Gasteiger partial charge >= 0.3 is 0 Å². The lowest BCUT2D eigenvalue weighted by Crippen LogP contribution is -2.54. The Hall–Kier alpha value is -3.08. The Bertz CT molecular complexity index is 1230. The first-order valence-corrected chi connectivity index (χ1v) is 11.2. The van der Waals surface area contributed by atoms with Crippen LogP contribution in [-0.2, 0) is 28.0 Å². The normalized spacial score (nSPS) is 24.8. The zero-order valence-corrected chi connectivity index (χ0v) is 18.5. The van der Waals surface area contributed by atoms with E-state index in [1.165, 1.54) is 22.3 Å². The van der Waals surface area contributed by atoms with Gasteiger partial charge in [-0.1, -0.05) is 66.7 Å². The molecule has 0 spiro atoms. The molecule has 0 saturated heterocycles. The molecule has 4 heteroatoms. The Morgan fingerprint density at radius 2 is 1.66 bits per heavy atom. The van der Waals surface area contributed by atoms with Gasteiger partial charge in [-0.05, 0) is 65.6 Å². The Balaban J connectivity index is 1.79. The maximum absolute atomic E-state index is 13.3. The molecule has 0 bridgehead atoms. The zero-order chi connectivity index (χ0) is 22.6. The number of hydrogen-bond acceptors (Lipinski definition) is 4. The maximum Gasteiger partial charge on any atom is 0.167 e. The highest BCUT2D eigenvalue weighted by Gasteiger charge is 2.47. The first kappa shape index (κ1) is 20.8. The number of hydrogen-bond donors (Lipinski definition) is 2. The van der Waals surface area contributed by atoms with Crippen LogP contribution in [0.2, 0.25) is 0 Å². The molecule has 0 fully saturated rings. The topological polar surface area (TPSA) is 86.2 Å². The van der Waals surface area contributed by atoms with Crippen molar-refractivity contribution in [1.82, 2.24) is 0 Å². The van der Waals surface area contributed by atoms with Crippen LogP contribution in [-0.4, -0.2) is 17.6 Å². The smallest absolute Gasteiger partial charge is 0.167 e. The third kappa shape index (κ3) is 3.06. The fourth-order valence-electron chi connectivity index (χ4n) is 5.60. The van der Waals surface area contributed by atoms with Gasteiger partial charge < -0.3 is 11.5 Å². The van der Waals surface area contributed by atoms with E-state index in [-0.39, 0.29) is 17.5 Å². The number of ketones is 2. The van der Waals surface area contributed by atoms with Crippen molar-refractivity contribution >= 4 is 11.6 Å². The summed E-state index contributed by atoms with van der Waals surface area (Å²) in [5.41, 5.74) is 19.3. The number of benzene rings is 3. The third-order valence-electron chi connectivity index (χ3n) is 7.23. The Morgan fingerprint density at radius 3 is 2.38 bits per heavy atom. The second-order valence-corrected chi connectivity index (χ2v) is 9.39. The third-order valence-corrected chi connectivity index (χ3v) is 7.23. The Labute approximate surface area is 188 Å². The van der Waals surface area contributed by atoms with Gasteiger partial charge in [0.25, 0.3) is 0 Å². The molecule has 5 rings (SSSR count). The van der Waals surface area contributed by atoms with Gasteiger partial charge in [-0.3, -0.25) is 9.59 Å². The molecule has 0 aliphatic heterocycles. The van der Waals surface area contributed by atoms with Gasteiger partial charge in [0.15, 0.2) is 11.6 Å². The molecule has 0 radical (unpaired) electrons. The predicted molar refractivity (Wildman–Crippen MR) is 126 cm³/mol. The van der Waals surface area contributed by atoms with E-state index in [9.17, 15) is 9.59 Å². The highest BCUT2D eigenvalue weighted by molar-refractivity contribution is 6.10. The number of fused-ring (bicyclic) bond motifs is 5. The molecule has 4 N–H and O–H groups in total. The van der Waals surface area contributed by atoms with Crippen molar-refractivity contribution in [3.63, 3.8) is 0 Å². The van der Waals surface area contributed by atoms with Crippen LogP contribution in [0.3, 0.4) is 0 Å². The van der Waals surface area contributed by atoms with E-state index in [0.29, 0.717) is 6.42 Å². The zero-order valence-electron chi connectivity index (χ0n) is 18.5. The van der Waals surface area contributed by atoms with E-state index < -0.39 is 17.5 Å². The lowest BCUT2D eigenvalue weighted by molar-refractivity contribution is -0.137. The monoisotopic (exact) mass is 424 g/mol. The SMILES string of the molecule is CC(N)C(=O)C1Cc2c(ccc3c2C(c2ccccc2)Cc2ccccc2-3)C(C)(N)C1=O. The summed E-state index contributed by atoms with van der Waals surface area (Å²) in [5.74, 6) is -1.15. The van der Waals surface area contributed by atoms with Gasteiger partial charge in [0.1, 0.15) is 0 Å². The second-order valence-electron chi connectivity index (χ2n) is 9.39. The molecule has 0 aromatic heterocycles. The Kier molecular flexibility index (Phi) is 4.88. The van der Waals surface area contributed by atoms with E-state index in [4.69, 9.17) is 11.5 Å². The highest BCUT2D eigenvalue weighted by atomic mass is 16.2. The van der Waals surface area contributed by atoms with Crippen molar-refractivity contribution in [3.8, 4) is 11.1 Å². The van der Waals surface area contributed by atoms with Gasteiger partial charge in [-0.25, -0.2) is 0 Å². The average molecular weight is 425 g/mol. The molecule has 0 saturated carbocycles. The molecule has 2 aliphatic carbocycles. The molecule has 0 heterocycles. The predicted octanol–water partition coefficient (Wildman–Crippen LogP) is 3.87. The van der Waals surface area contributed by atoms with Crippen LogP contribution in [0.1, 0.15) is 47.6 Å². The largest absolute Gasteiger partial charge is 0.322 e. The van der Waals surface area contributed by atoms with Crippen LogP contribution in [0.5, 0.6) is 0 Å². The van der Waals surface area contributed by atoms with E-state index in [1.807, 2.05) is 12.1 Å². The van der Waals surface area contributed by atoms with Gasteiger partial charge in [0, 0.05) is 5.92 Å². The molecular weight excluding hydrogens is 396 g/mol. The summed E-state index contributed by atoms with van der Waals surface area (Å²) in [4.78, 5) is 26.2. The Morgan fingerprint density at radius 1 is 0.969 bits per heavy atom. The van der Waals surface area contributed by atoms with Crippen molar-refractivity contribution in [2.45, 2.75) is 44.2 Å². The summed E-state index contributed by atoms with van der Waals surface area (Å²) in [7, 11) is 0. The van der Waals surface area contributed by atoms with Crippen LogP contribution in [0.4, 0.5) is 0 Å². The minimum Gasteiger partial charge on any atom is -0.322 e. The van der Waals surface area contributed by atoms with Gasteiger partial charge in [0.2, 0.25) is 0 Å².